The van der Waals surface area contributed by atoms with Gasteiger partial charge in [-0.3, -0.25) is 9.69 Å². The van der Waals surface area contributed by atoms with Crippen LogP contribution < -0.4 is 14.8 Å². The van der Waals surface area contributed by atoms with E-state index in [1.54, 1.807) is 12.1 Å². The third-order valence-electron chi connectivity index (χ3n) is 3.93. The van der Waals surface area contributed by atoms with Crippen LogP contribution in [0.3, 0.4) is 0 Å². The quantitative estimate of drug-likeness (QED) is 0.776. The summed E-state index contributed by atoms with van der Waals surface area (Å²) in [6.07, 6.45) is 5.39. The third kappa shape index (κ3) is 4.74. The van der Waals surface area contributed by atoms with Crippen molar-refractivity contribution in [2.24, 2.45) is 0 Å². The van der Waals surface area contributed by atoms with Crippen LogP contribution in [0.4, 0.5) is 4.39 Å². The Morgan fingerprint density at radius 3 is 2.65 bits per heavy atom. The molecule has 26 heavy (non-hydrogen) atoms. The standard InChI is InChI=1S/C20H19FN2O3/c1-2-9-23(12-15-3-6-17(21)7-4-15)13-20(24)22-11-16-5-8-18-19(10-16)26-14-25-18/h1,3-8,10H,9,11-14H2,(H,22,24). The molecule has 1 N–H and O–H groups in total. The van der Waals surface area contributed by atoms with Gasteiger partial charge in [-0.15, -0.1) is 6.42 Å². The van der Waals surface area contributed by atoms with Crippen LogP contribution in [0.25, 0.3) is 0 Å². The predicted octanol–water partition coefficient (Wildman–Crippen LogP) is 2.31. The van der Waals surface area contributed by atoms with Gasteiger partial charge in [0.05, 0.1) is 13.1 Å². The van der Waals surface area contributed by atoms with Gasteiger partial charge in [0.25, 0.3) is 0 Å². The Morgan fingerprint density at radius 1 is 1.15 bits per heavy atom. The Hall–Kier alpha value is -3.04. The van der Waals surface area contributed by atoms with Gasteiger partial charge in [0.15, 0.2) is 11.5 Å². The van der Waals surface area contributed by atoms with E-state index in [0.717, 1.165) is 11.1 Å². The number of ether oxygens (including phenoxy) is 2. The minimum absolute atomic E-state index is 0.139. The van der Waals surface area contributed by atoms with Gasteiger partial charge in [-0.1, -0.05) is 24.1 Å². The van der Waals surface area contributed by atoms with Crippen LogP contribution in [0.15, 0.2) is 42.5 Å². The first-order valence-electron chi connectivity index (χ1n) is 8.19. The number of benzene rings is 2. The molecule has 0 aliphatic carbocycles. The molecular weight excluding hydrogens is 335 g/mol. The van der Waals surface area contributed by atoms with Gasteiger partial charge >= 0.3 is 0 Å². The second-order valence-electron chi connectivity index (χ2n) is 5.94. The van der Waals surface area contributed by atoms with Crippen LogP contribution in [-0.4, -0.2) is 30.7 Å². The number of nitrogens with one attached hydrogen (secondary N) is 1. The summed E-state index contributed by atoms with van der Waals surface area (Å²) in [5.41, 5.74) is 1.81. The minimum Gasteiger partial charge on any atom is -0.454 e. The molecule has 0 saturated carbocycles. The molecule has 134 valence electrons. The Kier molecular flexibility index (Phi) is 5.72. The maximum atomic E-state index is 13.0. The molecule has 2 aromatic rings. The highest BCUT2D eigenvalue weighted by atomic mass is 19.1. The van der Waals surface area contributed by atoms with Crippen molar-refractivity contribution < 1.29 is 18.7 Å². The first-order valence-corrected chi connectivity index (χ1v) is 8.19. The van der Waals surface area contributed by atoms with Crippen molar-refractivity contribution in [1.29, 1.82) is 0 Å². The smallest absolute Gasteiger partial charge is 0.234 e. The van der Waals surface area contributed by atoms with Crippen molar-refractivity contribution in [3.8, 4) is 23.8 Å². The maximum absolute atomic E-state index is 13.0. The molecule has 0 aromatic heterocycles. The van der Waals surface area contributed by atoms with E-state index in [-0.39, 0.29) is 25.1 Å². The van der Waals surface area contributed by atoms with Crippen LogP contribution in [-0.2, 0) is 17.9 Å². The number of rotatable bonds is 7. The summed E-state index contributed by atoms with van der Waals surface area (Å²) in [5.74, 6) is 3.51. The predicted molar refractivity (Wildman–Crippen MR) is 94.9 cm³/mol. The average Bonchev–Trinajstić information content (AvgIpc) is 3.10. The molecule has 1 heterocycles. The summed E-state index contributed by atoms with van der Waals surface area (Å²) in [6.45, 7) is 1.56. The van der Waals surface area contributed by atoms with E-state index < -0.39 is 0 Å². The van der Waals surface area contributed by atoms with E-state index in [0.29, 0.717) is 31.1 Å². The Bertz CT molecular complexity index is 815. The lowest BCUT2D eigenvalue weighted by Gasteiger charge is -2.19. The van der Waals surface area contributed by atoms with Crippen molar-refractivity contribution in [2.45, 2.75) is 13.1 Å². The van der Waals surface area contributed by atoms with Crippen molar-refractivity contribution in [3.63, 3.8) is 0 Å². The Balaban J connectivity index is 1.52. The molecule has 0 spiro atoms. The Labute approximate surface area is 151 Å². The van der Waals surface area contributed by atoms with Gasteiger partial charge in [-0.25, -0.2) is 4.39 Å². The molecule has 2 aromatic carbocycles. The van der Waals surface area contributed by atoms with Gasteiger partial charge in [-0.05, 0) is 35.4 Å². The molecule has 1 amide bonds. The zero-order valence-corrected chi connectivity index (χ0v) is 14.2. The number of amides is 1. The van der Waals surface area contributed by atoms with Crippen LogP contribution in [0, 0.1) is 18.2 Å². The molecule has 6 heteroatoms. The molecule has 0 atom stereocenters. The van der Waals surface area contributed by atoms with Gasteiger partial charge in [-0.2, -0.15) is 0 Å². The second-order valence-corrected chi connectivity index (χ2v) is 5.94. The SMILES string of the molecule is C#CCN(CC(=O)NCc1ccc2c(c1)OCO2)Cc1ccc(F)cc1. The van der Waals surface area contributed by atoms with Gasteiger partial charge in [0.1, 0.15) is 5.82 Å². The molecule has 0 fully saturated rings. The molecule has 0 bridgehead atoms. The molecular formula is C20H19FN2O3. The van der Waals surface area contributed by atoms with Gasteiger partial charge in [0.2, 0.25) is 12.7 Å². The summed E-state index contributed by atoms with van der Waals surface area (Å²) in [5, 5.41) is 2.87. The zero-order chi connectivity index (χ0) is 18.4. The summed E-state index contributed by atoms with van der Waals surface area (Å²) in [7, 11) is 0. The molecule has 0 saturated heterocycles. The van der Waals surface area contributed by atoms with E-state index in [4.69, 9.17) is 15.9 Å². The van der Waals surface area contributed by atoms with E-state index >= 15 is 0 Å². The number of fused-ring (bicyclic) bond motifs is 1. The first-order chi connectivity index (χ1) is 12.6. The number of halogens is 1. The van der Waals surface area contributed by atoms with E-state index in [2.05, 4.69) is 11.2 Å². The van der Waals surface area contributed by atoms with E-state index in [1.165, 1.54) is 12.1 Å². The number of carbonyl (C=O) groups is 1. The number of hydrogen-bond donors (Lipinski definition) is 1. The lowest BCUT2D eigenvalue weighted by molar-refractivity contribution is -0.122. The molecule has 1 aliphatic heterocycles. The van der Waals surface area contributed by atoms with Gasteiger partial charge in [0, 0.05) is 13.1 Å². The lowest BCUT2D eigenvalue weighted by Crippen LogP contribution is -2.36. The van der Waals surface area contributed by atoms with Crippen molar-refractivity contribution in [3.05, 3.63) is 59.4 Å². The van der Waals surface area contributed by atoms with Crippen LogP contribution in [0.1, 0.15) is 11.1 Å². The monoisotopic (exact) mass is 354 g/mol. The number of hydrogen-bond acceptors (Lipinski definition) is 4. The molecule has 0 radical (unpaired) electrons. The summed E-state index contributed by atoms with van der Waals surface area (Å²) >= 11 is 0. The first kappa shape index (κ1) is 17.8. The van der Waals surface area contributed by atoms with Crippen molar-refractivity contribution in [1.82, 2.24) is 10.2 Å². The van der Waals surface area contributed by atoms with Gasteiger partial charge < -0.3 is 14.8 Å². The fourth-order valence-electron chi connectivity index (χ4n) is 2.66. The third-order valence-corrected chi connectivity index (χ3v) is 3.93. The summed E-state index contributed by atoms with van der Waals surface area (Å²) < 4.78 is 23.6. The minimum atomic E-state index is -0.293. The summed E-state index contributed by atoms with van der Waals surface area (Å²) in [4.78, 5) is 14.1. The number of carbonyl (C=O) groups excluding carboxylic acids is 1. The maximum Gasteiger partial charge on any atom is 0.234 e. The van der Waals surface area contributed by atoms with Crippen LogP contribution >= 0.6 is 0 Å². The zero-order valence-electron chi connectivity index (χ0n) is 14.2. The van der Waals surface area contributed by atoms with Crippen LogP contribution in [0.5, 0.6) is 11.5 Å². The fraction of sp³-hybridized carbons (Fsp3) is 0.250. The van der Waals surface area contributed by atoms with Crippen molar-refractivity contribution >= 4 is 5.91 Å². The fourth-order valence-corrected chi connectivity index (χ4v) is 2.66. The topological polar surface area (TPSA) is 50.8 Å². The molecule has 3 rings (SSSR count). The average molecular weight is 354 g/mol. The highest BCUT2D eigenvalue weighted by molar-refractivity contribution is 5.78. The largest absolute Gasteiger partial charge is 0.454 e. The van der Waals surface area contributed by atoms with Crippen LogP contribution in [0.2, 0.25) is 0 Å². The molecule has 1 aliphatic rings. The number of nitrogens with zero attached hydrogens (tertiary/aromatic N) is 1. The highest BCUT2D eigenvalue weighted by Gasteiger charge is 2.14. The van der Waals surface area contributed by atoms with E-state index in [1.807, 2.05) is 23.1 Å². The highest BCUT2D eigenvalue weighted by Crippen LogP contribution is 2.32. The normalized spacial score (nSPS) is 12.0. The molecule has 0 unspecified atom stereocenters. The molecule has 5 nitrogen and oxygen atoms in total. The second kappa shape index (κ2) is 8.37. The Morgan fingerprint density at radius 2 is 1.88 bits per heavy atom. The van der Waals surface area contributed by atoms with E-state index in [9.17, 15) is 9.18 Å². The lowest BCUT2D eigenvalue weighted by atomic mass is 10.2. The summed E-state index contributed by atoms with van der Waals surface area (Å²) in [6, 6.07) is 11.7. The number of terminal acetylenes is 1. The van der Waals surface area contributed by atoms with Crippen molar-refractivity contribution in [2.75, 3.05) is 19.9 Å².